The minimum atomic E-state index is -1.20. The van der Waals surface area contributed by atoms with Crippen molar-refractivity contribution in [3.8, 4) is 11.5 Å². The molecule has 0 amide bonds. The van der Waals surface area contributed by atoms with Crippen molar-refractivity contribution in [2.24, 2.45) is 0 Å². The minimum Gasteiger partial charge on any atom is -0.495 e. The maximum absolute atomic E-state index is 12.3. The summed E-state index contributed by atoms with van der Waals surface area (Å²) in [6.45, 7) is 0.363. The van der Waals surface area contributed by atoms with Crippen LogP contribution in [0.15, 0.2) is 51.8 Å². The number of benzene rings is 2. The lowest BCUT2D eigenvalue weighted by Gasteiger charge is -2.10. The zero-order chi connectivity index (χ0) is 15.2. The van der Waals surface area contributed by atoms with Crippen LogP contribution in [0.25, 0.3) is 0 Å². The van der Waals surface area contributed by atoms with Gasteiger partial charge < -0.3 is 15.2 Å². The lowest BCUT2D eigenvalue weighted by Crippen LogP contribution is -2.09. The number of hydrogen-bond acceptors (Lipinski definition) is 4. The Hall–Kier alpha value is -1.53. The quantitative estimate of drug-likeness (QED) is 0.794. The zero-order valence-corrected chi connectivity index (χ0v) is 13.9. The van der Waals surface area contributed by atoms with Gasteiger partial charge in [-0.05, 0) is 36.4 Å². The Morgan fingerprint density at radius 2 is 1.90 bits per heavy atom. The Bertz CT molecular complexity index is 631. The van der Waals surface area contributed by atoms with E-state index in [4.69, 9.17) is 15.2 Å². The molecule has 0 aliphatic carbocycles. The van der Waals surface area contributed by atoms with Crippen LogP contribution in [0.5, 0.6) is 11.5 Å². The van der Waals surface area contributed by atoms with Gasteiger partial charge in [-0.15, -0.1) is 0 Å². The summed E-state index contributed by atoms with van der Waals surface area (Å²) in [7, 11) is 0.340. The van der Waals surface area contributed by atoms with Crippen LogP contribution in [0.3, 0.4) is 0 Å². The maximum atomic E-state index is 12.3. The minimum absolute atomic E-state index is 0.363. The van der Waals surface area contributed by atoms with Gasteiger partial charge in [0.2, 0.25) is 0 Å². The van der Waals surface area contributed by atoms with Crippen molar-refractivity contribution in [1.29, 1.82) is 0 Å². The standard InChI is InChI=1S/C15H16BrNO3S/c1-19-14-10-12(17)4-7-15(14)21(18)9-8-20-13-5-2-11(16)3-6-13/h2-7,10H,8-9,17H2,1H3. The first-order valence-corrected chi connectivity index (χ1v) is 8.41. The van der Waals surface area contributed by atoms with Gasteiger partial charge in [-0.2, -0.15) is 0 Å². The van der Waals surface area contributed by atoms with E-state index >= 15 is 0 Å². The third-order valence-corrected chi connectivity index (χ3v) is 4.68. The predicted octanol–water partition coefficient (Wildman–Crippen LogP) is 3.23. The summed E-state index contributed by atoms with van der Waals surface area (Å²) in [5.41, 5.74) is 6.27. The number of nitrogens with two attached hydrogens (primary N) is 1. The lowest BCUT2D eigenvalue weighted by atomic mass is 10.3. The van der Waals surface area contributed by atoms with Gasteiger partial charge in [0.25, 0.3) is 0 Å². The molecule has 1 atom stereocenters. The number of hydrogen-bond donors (Lipinski definition) is 1. The van der Waals surface area contributed by atoms with E-state index in [0.717, 1.165) is 10.2 Å². The molecular weight excluding hydrogens is 354 g/mol. The molecule has 0 saturated heterocycles. The van der Waals surface area contributed by atoms with Crippen LogP contribution in [-0.4, -0.2) is 23.7 Å². The number of rotatable bonds is 6. The fourth-order valence-electron chi connectivity index (χ4n) is 1.75. The highest BCUT2D eigenvalue weighted by molar-refractivity contribution is 9.10. The van der Waals surface area contributed by atoms with Gasteiger partial charge in [0.15, 0.2) is 0 Å². The Balaban J connectivity index is 1.94. The van der Waals surface area contributed by atoms with Crippen LogP contribution in [0.1, 0.15) is 0 Å². The van der Waals surface area contributed by atoms with E-state index in [1.807, 2.05) is 24.3 Å². The highest BCUT2D eigenvalue weighted by atomic mass is 79.9. The highest BCUT2D eigenvalue weighted by Crippen LogP contribution is 2.25. The number of halogens is 1. The van der Waals surface area contributed by atoms with E-state index in [1.54, 1.807) is 18.2 Å². The monoisotopic (exact) mass is 369 g/mol. The fraction of sp³-hybridized carbons (Fsp3) is 0.200. The van der Waals surface area contributed by atoms with E-state index < -0.39 is 10.8 Å². The highest BCUT2D eigenvalue weighted by Gasteiger charge is 2.11. The second kappa shape index (κ2) is 7.47. The van der Waals surface area contributed by atoms with Crippen molar-refractivity contribution >= 4 is 32.4 Å². The normalized spacial score (nSPS) is 11.9. The molecule has 0 aliphatic rings. The first kappa shape index (κ1) is 15.9. The van der Waals surface area contributed by atoms with Crippen LogP contribution in [-0.2, 0) is 10.8 Å². The van der Waals surface area contributed by atoms with Gasteiger partial charge in [0.1, 0.15) is 18.1 Å². The SMILES string of the molecule is COc1cc(N)ccc1S(=O)CCOc1ccc(Br)cc1. The van der Waals surface area contributed by atoms with Crippen molar-refractivity contribution in [2.75, 3.05) is 25.2 Å². The first-order valence-electron chi connectivity index (χ1n) is 6.30. The van der Waals surface area contributed by atoms with E-state index in [9.17, 15) is 4.21 Å². The van der Waals surface area contributed by atoms with Gasteiger partial charge in [-0.3, -0.25) is 4.21 Å². The van der Waals surface area contributed by atoms with E-state index in [-0.39, 0.29) is 0 Å². The third kappa shape index (κ3) is 4.47. The van der Waals surface area contributed by atoms with Crippen LogP contribution in [0.4, 0.5) is 5.69 Å². The molecular formula is C15H16BrNO3S. The average Bonchev–Trinajstić information content (AvgIpc) is 2.49. The summed E-state index contributed by atoms with van der Waals surface area (Å²) in [4.78, 5) is 0.631. The average molecular weight is 370 g/mol. The molecule has 2 aromatic rings. The number of nitrogen functional groups attached to an aromatic ring is 1. The van der Waals surface area contributed by atoms with Gasteiger partial charge in [-0.1, -0.05) is 15.9 Å². The number of methoxy groups -OCH3 is 1. The van der Waals surface area contributed by atoms with Gasteiger partial charge >= 0.3 is 0 Å². The van der Waals surface area contributed by atoms with Crippen molar-refractivity contribution in [2.45, 2.75) is 4.90 Å². The molecule has 0 radical (unpaired) electrons. The molecule has 0 saturated carbocycles. The Kier molecular flexibility index (Phi) is 5.64. The molecule has 0 fully saturated rings. The summed E-state index contributed by atoms with van der Waals surface area (Å²) in [5, 5.41) is 0. The molecule has 112 valence electrons. The number of anilines is 1. The second-order valence-corrected chi connectivity index (χ2v) is 6.72. The molecule has 0 aliphatic heterocycles. The van der Waals surface area contributed by atoms with Gasteiger partial charge in [0.05, 0.1) is 28.6 Å². The molecule has 1 unspecified atom stereocenters. The molecule has 0 aromatic heterocycles. The molecule has 21 heavy (non-hydrogen) atoms. The first-order chi connectivity index (χ1) is 10.1. The summed E-state index contributed by atoms with van der Waals surface area (Å²) < 4.78 is 24.1. The van der Waals surface area contributed by atoms with Crippen molar-refractivity contribution < 1.29 is 13.7 Å². The molecule has 0 bridgehead atoms. The zero-order valence-electron chi connectivity index (χ0n) is 11.5. The molecule has 2 N–H and O–H groups in total. The summed E-state index contributed by atoms with van der Waals surface area (Å²) in [5.74, 6) is 1.67. The molecule has 6 heteroatoms. The van der Waals surface area contributed by atoms with Gasteiger partial charge in [0, 0.05) is 16.2 Å². The van der Waals surface area contributed by atoms with Crippen LogP contribution >= 0.6 is 15.9 Å². The summed E-state index contributed by atoms with van der Waals surface area (Å²) in [6, 6.07) is 12.6. The Labute approximate surface area is 134 Å². The number of ether oxygens (including phenoxy) is 2. The largest absolute Gasteiger partial charge is 0.495 e. The fourth-order valence-corrected chi connectivity index (χ4v) is 3.05. The van der Waals surface area contributed by atoms with E-state index in [0.29, 0.717) is 28.7 Å². The predicted molar refractivity (Wildman–Crippen MR) is 88.3 cm³/mol. The molecule has 4 nitrogen and oxygen atoms in total. The van der Waals surface area contributed by atoms with Crippen molar-refractivity contribution in [3.63, 3.8) is 0 Å². The Morgan fingerprint density at radius 1 is 1.19 bits per heavy atom. The molecule has 0 spiro atoms. The summed E-state index contributed by atoms with van der Waals surface area (Å²) >= 11 is 3.36. The topological polar surface area (TPSA) is 61.5 Å². The third-order valence-electron chi connectivity index (χ3n) is 2.78. The Morgan fingerprint density at radius 3 is 2.57 bits per heavy atom. The van der Waals surface area contributed by atoms with Crippen LogP contribution in [0, 0.1) is 0 Å². The second-order valence-electron chi connectivity index (χ2n) is 4.26. The maximum Gasteiger partial charge on any atom is 0.137 e. The smallest absolute Gasteiger partial charge is 0.137 e. The summed E-state index contributed by atoms with van der Waals surface area (Å²) in [6.07, 6.45) is 0. The molecule has 2 aromatic carbocycles. The van der Waals surface area contributed by atoms with E-state index in [1.165, 1.54) is 7.11 Å². The molecule has 0 heterocycles. The van der Waals surface area contributed by atoms with Crippen LogP contribution < -0.4 is 15.2 Å². The van der Waals surface area contributed by atoms with Crippen molar-refractivity contribution in [1.82, 2.24) is 0 Å². The van der Waals surface area contributed by atoms with E-state index in [2.05, 4.69) is 15.9 Å². The lowest BCUT2D eigenvalue weighted by molar-refractivity contribution is 0.342. The van der Waals surface area contributed by atoms with Crippen molar-refractivity contribution in [3.05, 3.63) is 46.9 Å². The van der Waals surface area contributed by atoms with Gasteiger partial charge in [-0.25, -0.2) is 0 Å². The molecule has 2 rings (SSSR count). The van der Waals surface area contributed by atoms with Crippen LogP contribution in [0.2, 0.25) is 0 Å².